The maximum Gasteiger partial charge on any atom is 0.258 e. The van der Waals surface area contributed by atoms with Crippen molar-refractivity contribution in [2.24, 2.45) is 0 Å². The minimum atomic E-state index is -0.142. The summed E-state index contributed by atoms with van der Waals surface area (Å²) in [6, 6.07) is 34.2. The predicted molar refractivity (Wildman–Crippen MR) is 144 cm³/mol. The van der Waals surface area contributed by atoms with Gasteiger partial charge < -0.3 is 16.4 Å². The van der Waals surface area contributed by atoms with E-state index in [0.29, 0.717) is 11.3 Å². The molecule has 1 aliphatic heterocycles. The van der Waals surface area contributed by atoms with Gasteiger partial charge in [0.1, 0.15) is 0 Å². The van der Waals surface area contributed by atoms with Gasteiger partial charge in [0.2, 0.25) is 0 Å². The van der Waals surface area contributed by atoms with Crippen molar-refractivity contribution in [2.75, 3.05) is 23.4 Å². The van der Waals surface area contributed by atoms with Crippen LogP contribution in [0.2, 0.25) is 0 Å². The molecule has 4 aromatic carbocycles. The zero-order valence-corrected chi connectivity index (χ0v) is 19.7. The van der Waals surface area contributed by atoms with Crippen LogP contribution in [-0.4, -0.2) is 17.9 Å². The smallest absolute Gasteiger partial charge is 0.258 e. The van der Waals surface area contributed by atoms with Crippen LogP contribution in [-0.2, 0) is 17.9 Å². The molecular formula is C30H28N4O. The van der Waals surface area contributed by atoms with E-state index in [0.717, 1.165) is 41.3 Å². The number of nitrogens with zero attached hydrogens (tertiary/aromatic N) is 1. The first kappa shape index (κ1) is 22.4. The molecule has 1 amide bonds. The first-order valence-corrected chi connectivity index (χ1v) is 11.7. The average Bonchev–Trinajstić information content (AvgIpc) is 3.19. The van der Waals surface area contributed by atoms with Crippen molar-refractivity contribution in [2.45, 2.75) is 13.1 Å². The van der Waals surface area contributed by atoms with Crippen LogP contribution in [0, 0.1) is 0 Å². The summed E-state index contributed by atoms with van der Waals surface area (Å²) in [5, 5.41) is 6.48. The van der Waals surface area contributed by atoms with Crippen LogP contribution in [0.4, 0.5) is 17.1 Å². The molecule has 5 rings (SSSR count). The van der Waals surface area contributed by atoms with Crippen molar-refractivity contribution >= 4 is 34.2 Å². The van der Waals surface area contributed by atoms with Crippen molar-refractivity contribution in [1.82, 2.24) is 4.90 Å². The SMILES string of the molecule is CN(Cc1ccccc1)Cc1ccc(NC(=C2C(=O)Nc3ccc(N)cc32)c2ccccc2)cc1. The molecule has 1 heterocycles. The van der Waals surface area contributed by atoms with Crippen molar-refractivity contribution in [3.8, 4) is 0 Å². The van der Waals surface area contributed by atoms with E-state index in [1.165, 1.54) is 11.1 Å². The number of anilines is 3. The molecule has 0 saturated carbocycles. The van der Waals surface area contributed by atoms with Gasteiger partial charge in [-0.3, -0.25) is 9.69 Å². The zero-order valence-electron chi connectivity index (χ0n) is 19.7. The van der Waals surface area contributed by atoms with Crippen molar-refractivity contribution in [1.29, 1.82) is 0 Å². The van der Waals surface area contributed by atoms with E-state index in [1.807, 2.05) is 48.5 Å². The third-order valence-corrected chi connectivity index (χ3v) is 6.07. The molecule has 0 aliphatic carbocycles. The van der Waals surface area contributed by atoms with Gasteiger partial charge in [-0.2, -0.15) is 0 Å². The molecule has 0 aromatic heterocycles. The summed E-state index contributed by atoms with van der Waals surface area (Å²) in [6.45, 7) is 1.74. The molecule has 5 nitrogen and oxygen atoms in total. The van der Waals surface area contributed by atoms with Crippen LogP contribution in [0.5, 0.6) is 0 Å². The summed E-state index contributed by atoms with van der Waals surface area (Å²) in [6.07, 6.45) is 0. The molecule has 35 heavy (non-hydrogen) atoms. The Morgan fingerprint density at radius 3 is 2.14 bits per heavy atom. The van der Waals surface area contributed by atoms with E-state index in [9.17, 15) is 4.79 Å². The summed E-state index contributed by atoms with van der Waals surface area (Å²) in [5.74, 6) is -0.142. The van der Waals surface area contributed by atoms with Crippen LogP contribution in [0.15, 0.2) is 103 Å². The number of hydrogen-bond acceptors (Lipinski definition) is 4. The molecule has 5 heteroatoms. The van der Waals surface area contributed by atoms with E-state index in [-0.39, 0.29) is 5.91 Å². The monoisotopic (exact) mass is 460 g/mol. The number of hydrogen-bond donors (Lipinski definition) is 3. The quantitative estimate of drug-likeness (QED) is 0.240. The highest BCUT2D eigenvalue weighted by atomic mass is 16.2. The predicted octanol–water partition coefficient (Wildman–Crippen LogP) is 5.83. The summed E-state index contributed by atoms with van der Waals surface area (Å²) in [5.41, 5.74) is 13.9. The third kappa shape index (κ3) is 5.10. The molecule has 0 fully saturated rings. The van der Waals surface area contributed by atoms with Crippen LogP contribution >= 0.6 is 0 Å². The number of nitrogens with one attached hydrogen (secondary N) is 2. The molecule has 0 unspecified atom stereocenters. The summed E-state index contributed by atoms with van der Waals surface area (Å²) in [4.78, 5) is 15.3. The first-order chi connectivity index (χ1) is 17.1. The van der Waals surface area contributed by atoms with Gasteiger partial charge in [-0.25, -0.2) is 0 Å². The second-order valence-electron chi connectivity index (χ2n) is 8.85. The highest BCUT2D eigenvalue weighted by Crippen LogP contribution is 2.38. The van der Waals surface area contributed by atoms with Gasteiger partial charge in [0, 0.05) is 35.7 Å². The van der Waals surface area contributed by atoms with Gasteiger partial charge in [0.25, 0.3) is 5.91 Å². The van der Waals surface area contributed by atoms with E-state index < -0.39 is 0 Å². The number of carbonyl (C=O) groups is 1. The Labute approximate surface area is 205 Å². The Kier molecular flexibility index (Phi) is 6.33. The standard InChI is InChI=1S/C30H28N4O/c1-34(19-21-8-4-2-5-9-21)20-22-12-15-25(16-13-22)32-29(23-10-6-3-7-11-23)28-26-18-24(31)14-17-27(26)33-30(28)35/h2-18,32H,19-20,31H2,1H3,(H,33,35). The van der Waals surface area contributed by atoms with Crippen molar-refractivity contribution in [3.63, 3.8) is 0 Å². The number of nitrogens with two attached hydrogens (primary N) is 1. The Bertz CT molecular complexity index is 1360. The molecule has 4 N–H and O–H groups in total. The van der Waals surface area contributed by atoms with Gasteiger partial charge in [-0.1, -0.05) is 72.8 Å². The van der Waals surface area contributed by atoms with Gasteiger partial charge in [-0.15, -0.1) is 0 Å². The fourth-order valence-corrected chi connectivity index (χ4v) is 4.42. The zero-order chi connectivity index (χ0) is 24.2. The molecule has 0 atom stereocenters. The van der Waals surface area contributed by atoms with Crippen LogP contribution in [0.25, 0.3) is 11.3 Å². The number of benzene rings is 4. The van der Waals surface area contributed by atoms with Gasteiger partial charge in [0.15, 0.2) is 0 Å². The Hall–Kier alpha value is -4.35. The lowest BCUT2D eigenvalue weighted by Gasteiger charge is -2.18. The molecule has 0 radical (unpaired) electrons. The second-order valence-corrected chi connectivity index (χ2v) is 8.85. The second kappa shape index (κ2) is 9.87. The summed E-state index contributed by atoms with van der Waals surface area (Å²) >= 11 is 0. The minimum Gasteiger partial charge on any atom is -0.399 e. The summed E-state index contributed by atoms with van der Waals surface area (Å²) in [7, 11) is 2.12. The maximum atomic E-state index is 13.0. The number of carbonyl (C=O) groups excluding carboxylic acids is 1. The molecule has 0 spiro atoms. The van der Waals surface area contributed by atoms with Crippen LogP contribution < -0.4 is 16.4 Å². The fraction of sp³-hybridized carbons (Fsp3) is 0.100. The number of nitrogen functional groups attached to an aromatic ring is 1. The Morgan fingerprint density at radius 2 is 1.46 bits per heavy atom. The van der Waals surface area contributed by atoms with E-state index in [1.54, 1.807) is 6.07 Å². The van der Waals surface area contributed by atoms with Crippen LogP contribution in [0.3, 0.4) is 0 Å². The topological polar surface area (TPSA) is 70.4 Å². The van der Waals surface area contributed by atoms with Crippen molar-refractivity contribution < 1.29 is 4.79 Å². The van der Waals surface area contributed by atoms with Gasteiger partial charge >= 0.3 is 0 Å². The molecule has 4 aromatic rings. The molecule has 174 valence electrons. The number of fused-ring (bicyclic) bond motifs is 1. The molecule has 0 bridgehead atoms. The van der Waals surface area contributed by atoms with E-state index in [2.05, 4.69) is 71.1 Å². The van der Waals surface area contributed by atoms with Gasteiger partial charge in [0.05, 0.1) is 11.3 Å². The first-order valence-electron chi connectivity index (χ1n) is 11.7. The highest BCUT2D eigenvalue weighted by Gasteiger charge is 2.28. The molecule has 0 saturated heterocycles. The Morgan fingerprint density at radius 1 is 0.829 bits per heavy atom. The Balaban J connectivity index is 1.41. The lowest BCUT2D eigenvalue weighted by atomic mass is 9.99. The maximum absolute atomic E-state index is 13.0. The average molecular weight is 461 g/mol. The highest BCUT2D eigenvalue weighted by molar-refractivity contribution is 6.37. The fourth-order valence-electron chi connectivity index (χ4n) is 4.42. The number of rotatable bonds is 7. The normalized spacial score (nSPS) is 13.9. The lowest BCUT2D eigenvalue weighted by molar-refractivity contribution is -0.110. The summed E-state index contributed by atoms with van der Waals surface area (Å²) < 4.78 is 0. The van der Waals surface area contributed by atoms with Crippen LogP contribution in [0.1, 0.15) is 22.3 Å². The third-order valence-electron chi connectivity index (χ3n) is 6.07. The van der Waals surface area contributed by atoms with E-state index >= 15 is 0 Å². The number of amides is 1. The molecular weight excluding hydrogens is 432 g/mol. The van der Waals surface area contributed by atoms with E-state index in [4.69, 9.17) is 5.73 Å². The molecule has 1 aliphatic rings. The van der Waals surface area contributed by atoms with Gasteiger partial charge in [-0.05, 0) is 54.1 Å². The van der Waals surface area contributed by atoms with Crippen molar-refractivity contribution in [3.05, 3.63) is 125 Å². The minimum absolute atomic E-state index is 0.142. The largest absolute Gasteiger partial charge is 0.399 e. The lowest BCUT2D eigenvalue weighted by Crippen LogP contribution is -2.17.